The number of benzene rings is 1. The van der Waals surface area contributed by atoms with E-state index in [-0.39, 0.29) is 11.8 Å². The third kappa shape index (κ3) is 3.70. The number of aliphatic hydroxyl groups is 1. The van der Waals surface area contributed by atoms with Crippen LogP contribution in [0.4, 0.5) is 4.79 Å². The van der Waals surface area contributed by atoms with Crippen LogP contribution in [-0.2, 0) is 4.79 Å². The number of likely N-dealkylation sites (tertiary alicyclic amines) is 1. The smallest absolute Gasteiger partial charge is 0.322 e. The Morgan fingerprint density at radius 3 is 2.56 bits per heavy atom. The van der Waals surface area contributed by atoms with Crippen LogP contribution in [0, 0.1) is 19.8 Å². The van der Waals surface area contributed by atoms with Gasteiger partial charge >= 0.3 is 6.03 Å². The quantitative estimate of drug-likeness (QED) is 0.725. The summed E-state index contributed by atoms with van der Waals surface area (Å²) in [5, 5.41) is 15.8. The fourth-order valence-corrected chi connectivity index (χ4v) is 4.09. The Morgan fingerprint density at radius 1 is 1.28 bits per heavy atom. The van der Waals surface area contributed by atoms with E-state index in [0.29, 0.717) is 13.1 Å². The van der Waals surface area contributed by atoms with Gasteiger partial charge in [0.1, 0.15) is 5.54 Å². The first-order chi connectivity index (χ1) is 11.8. The number of carbonyl (C=O) groups excluding carboxylic acids is 2. The van der Waals surface area contributed by atoms with E-state index in [1.54, 1.807) is 6.92 Å². The third-order valence-corrected chi connectivity index (χ3v) is 5.45. The summed E-state index contributed by atoms with van der Waals surface area (Å²) in [6.07, 6.45) is 1.28. The van der Waals surface area contributed by atoms with Crippen LogP contribution < -0.4 is 10.6 Å². The number of β-amino-alcohol motifs (C(OH)–C–C–N with tert-alkyl or cyclic N) is 1. The van der Waals surface area contributed by atoms with Crippen molar-refractivity contribution < 1.29 is 14.7 Å². The van der Waals surface area contributed by atoms with Crippen molar-refractivity contribution in [3.8, 4) is 0 Å². The maximum absolute atomic E-state index is 12.2. The van der Waals surface area contributed by atoms with Crippen LogP contribution in [0.3, 0.4) is 0 Å². The molecule has 3 N–H and O–H groups in total. The van der Waals surface area contributed by atoms with Gasteiger partial charge in [0.25, 0.3) is 5.91 Å². The molecule has 136 valence electrons. The van der Waals surface area contributed by atoms with Crippen LogP contribution in [0.25, 0.3) is 0 Å². The Bertz CT molecular complexity index is 670. The number of aliphatic hydroxyl groups excluding tert-OH is 1. The number of imide groups is 1. The van der Waals surface area contributed by atoms with Crippen LogP contribution in [0.15, 0.2) is 18.2 Å². The van der Waals surface area contributed by atoms with E-state index in [1.165, 1.54) is 0 Å². The van der Waals surface area contributed by atoms with Gasteiger partial charge in [-0.3, -0.25) is 10.1 Å². The van der Waals surface area contributed by atoms with E-state index in [2.05, 4.69) is 21.6 Å². The molecule has 0 aromatic heterocycles. The maximum atomic E-state index is 12.2. The zero-order valence-corrected chi connectivity index (χ0v) is 15.1. The summed E-state index contributed by atoms with van der Waals surface area (Å²) >= 11 is 0. The molecule has 2 aliphatic rings. The molecule has 0 aliphatic carbocycles. The first kappa shape index (κ1) is 17.9. The molecule has 2 fully saturated rings. The number of hydrogen-bond acceptors (Lipinski definition) is 4. The van der Waals surface area contributed by atoms with Crippen LogP contribution in [-0.4, -0.2) is 47.1 Å². The van der Waals surface area contributed by atoms with Crippen molar-refractivity contribution in [1.82, 2.24) is 15.5 Å². The number of amides is 3. The van der Waals surface area contributed by atoms with E-state index >= 15 is 0 Å². The lowest BCUT2D eigenvalue weighted by atomic mass is 9.80. The number of piperidine rings is 1. The van der Waals surface area contributed by atoms with Gasteiger partial charge in [-0.25, -0.2) is 4.79 Å². The minimum absolute atomic E-state index is 0.0409. The van der Waals surface area contributed by atoms with Crippen molar-refractivity contribution in [3.05, 3.63) is 34.9 Å². The van der Waals surface area contributed by atoms with Gasteiger partial charge in [-0.2, -0.15) is 0 Å². The lowest BCUT2D eigenvalue weighted by Crippen LogP contribution is -2.56. The lowest BCUT2D eigenvalue weighted by molar-refractivity contribution is -0.126. The Hall–Kier alpha value is -1.92. The highest BCUT2D eigenvalue weighted by Crippen LogP contribution is 2.30. The fourth-order valence-electron chi connectivity index (χ4n) is 4.09. The molecule has 2 saturated heterocycles. The van der Waals surface area contributed by atoms with Crippen molar-refractivity contribution in [3.63, 3.8) is 0 Å². The number of nitrogens with zero attached hydrogens (tertiary/aromatic N) is 1. The summed E-state index contributed by atoms with van der Waals surface area (Å²) in [5.74, 6) is -0.210. The molecule has 3 amide bonds. The zero-order valence-electron chi connectivity index (χ0n) is 15.1. The van der Waals surface area contributed by atoms with Gasteiger partial charge in [0.15, 0.2) is 0 Å². The van der Waals surface area contributed by atoms with Gasteiger partial charge < -0.3 is 15.3 Å². The first-order valence-electron chi connectivity index (χ1n) is 8.90. The van der Waals surface area contributed by atoms with Crippen molar-refractivity contribution in [2.45, 2.75) is 45.3 Å². The zero-order chi connectivity index (χ0) is 18.2. The number of carbonyl (C=O) groups is 2. The number of aryl methyl sites for hydroxylation is 2. The van der Waals surface area contributed by atoms with E-state index in [1.807, 2.05) is 26.0 Å². The summed E-state index contributed by atoms with van der Waals surface area (Å²) in [7, 11) is 0. The summed E-state index contributed by atoms with van der Waals surface area (Å²) in [6, 6.07) is 5.71. The number of urea groups is 1. The molecule has 6 nitrogen and oxygen atoms in total. The molecule has 3 rings (SSSR count). The van der Waals surface area contributed by atoms with Crippen LogP contribution in [0.5, 0.6) is 0 Å². The minimum atomic E-state index is -0.860. The van der Waals surface area contributed by atoms with Crippen molar-refractivity contribution in [1.29, 1.82) is 0 Å². The predicted molar refractivity (Wildman–Crippen MR) is 95.1 cm³/mol. The Balaban J connectivity index is 1.67. The molecular weight excluding hydrogens is 318 g/mol. The minimum Gasteiger partial charge on any atom is -0.387 e. The highest BCUT2D eigenvalue weighted by atomic mass is 16.3. The van der Waals surface area contributed by atoms with Crippen LogP contribution in [0.1, 0.15) is 42.6 Å². The summed E-state index contributed by atoms with van der Waals surface area (Å²) in [6.45, 7) is 7.97. The van der Waals surface area contributed by atoms with Gasteiger partial charge in [-0.05, 0) is 45.7 Å². The van der Waals surface area contributed by atoms with Gasteiger partial charge in [0, 0.05) is 19.0 Å². The Labute approximate surface area is 148 Å². The molecule has 25 heavy (non-hydrogen) atoms. The largest absolute Gasteiger partial charge is 0.387 e. The molecule has 0 saturated carbocycles. The molecule has 2 heterocycles. The standard InChI is InChI=1S/C19H27N3O3/c1-12-7-13(2)9-14(8-12)16(23)11-22-6-4-5-15(10-22)19(3)17(24)20-18(25)21-19/h7-9,15-16,23H,4-6,10-11H2,1-3H3,(H2,20,21,24,25)/t15-,16-,19-/m1/s1. The average molecular weight is 345 g/mol. The van der Waals surface area contributed by atoms with Crippen molar-refractivity contribution >= 4 is 11.9 Å². The normalized spacial score (nSPS) is 28.6. The monoisotopic (exact) mass is 345 g/mol. The van der Waals surface area contributed by atoms with E-state index in [0.717, 1.165) is 36.1 Å². The topological polar surface area (TPSA) is 81.7 Å². The summed E-state index contributed by atoms with van der Waals surface area (Å²) in [5.41, 5.74) is 2.35. The van der Waals surface area contributed by atoms with E-state index in [9.17, 15) is 14.7 Å². The Kier molecular flexibility index (Phi) is 4.84. The summed E-state index contributed by atoms with van der Waals surface area (Å²) in [4.78, 5) is 25.9. The fraction of sp³-hybridized carbons (Fsp3) is 0.579. The number of rotatable bonds is 4. The van der Waals surface area contributed by atoms with E-state index < -0.39 is 17.7 Å². The molecule has 3 atom stereocenters. The SMILES string of the molecule is Cc1cc(C)cc([C@H](O)CN2CCC[C@@H]([C@@]3(C)NC(=O)NC3=O)C2)c1. The molecule has 1 aromatic rings. The van der Waals surface area contributed by atoms with Gasteiger partial charge in [-0.1, -0.05) is 29.3 Å². The first-order valence-corrected chi connectivity index (χ1v) is 8.90. The highest BCUT2D eigenvalue weighted by Gasteiger charge is 2.48. The number of hydrogen-bond donors (Lipinski definition) is 3. The highest BCUT2D eigenvalue weighted by molar-refractivity contribution is 6.06. The lowest BCUT2D eigenvalue weighted by Gasteiger charge is -2.40. The molecule has 1 aromatic carbocycles. The second-order valence-corrected chi connectivity index (χ2v) is 7.65. The maximum Gasteiger partial charge on any atom is 0.322 e. The predicted octanol–water partition coefficient (Wildman–Crippen LogP) is 1.65. The second-order valence-electron chi connectivity index (χ2n) is 7.65. The second kappa shape index (κ2) is 6.77. The van der Waals surface area contributed by atoms with E-state index in [4.69, 9.17) is 0 Å². The molecule has 2 aliphatic heterocycles. The van der Waals surface area contributed by atoms with Gasteiger partial charge in [0.05, 0.1) is 6.10 Å². The molecule has 0 spiro atoms. The molecule has 0 bridgehead atoms. The third-order valence-electron chi connectivity index (χ3n) is 5.45. The number of nitrogens with one attached hydrogen (secondary N) is 2. The molecular formula is C19H27N3O3. The Morgan fingerprint density at radius 2 is 1.96 bits per heavy atom. The van der Waals surface area contributed by atoms with Gasteiger partial charge in [-0.15, -0.1) is 0 Å². The van der Waals surface area contributed by atoms with Gasteiger partial charge in [0.2, 0.25) is 0 Å². The molecule has 6 heteroatoms. The average Bonchev–Trinajstić information content (AvgIpc) is 2.80. The van der Waals surface area contributed by atoms with Crippen LogP contribution >= 0.6 is 0 Å². The van der Waals surface area contributed by atoms with Crippen molar-refractivity contribution in [2.75, 3.05) is 19.6 Å². The van der Waals surface area contributed by atoms with Crippen LogP contribution in [0.2, 0.25) is 0 Å². The van der Waals surface area contributed by atoms with Crippen molar-refractivity contribution in [2.24, 2.45) is 5.92 Å². The summed E-state index contributed by atoms with van der Waals surface area (Å²) < 4.78 is 0. The molecule has 0 unspecified atom stereocenters. The molecule has 0 radical (unpaired) electrons.